The summed E-state index contributed by atoms with van der Waals surface area (Å²) in [4.78, 5) is 5.79. The highest BCUT2D eigenvalue weighted by molar-refractivity contribution is 6.31. The average molecular weight is 436 g/mol. The normalized spacial score (nSPS) is 16.3. The lowest BCUT2D eigenvalue weighted by atomic mass is 9.98. The molecule has 0 radical (unpaired) electrons. The van der Waals surface area contributed by atoms with Crippen LogP contribution in [0.15, 0.2) is 36.4 Å². The van der Waals surface area contributed by atoms with Crippen molar-refractivity contribution in [3.8, 4) is 0 Å². The number of anilines is 2. The molecule has 2 heterocycles. The molecule has 6 nitrogen and oxygen atoms in total. The zero-order valence-electron chi connectivity index (χ0n) is 17.6. The molecule has 4 rings (SSSR count). The van der Waals surface area contributed by atoms with E-state index >= 15 is 0 Å². The molecule has 2 N–H and O–H groups in total. The molecule has 160 valence electrons. The van der Waals surface area contributed by atoms with Crippen LogP contribution in [-0.4, -0.2) is 41.5 Å². The van der Waals surface area contributed by atoms with Gasteiger partial charge in [-0.05, 0) is 55.4 Å². The molecular formula is C24H26ClN5O. The van der Waals surface area contributed by atoms with Crippen molar-refractivity contribution in [3.05, 3.63) is 64.0 Å². The van der Waals surface area contributed by atoms with E-state index in [1.54, 1.807) is 0 Å². The molecule has 1 unspecified atom stereocenters. The second-order valence-corrected chi connectivity index (χ2v) is 8.52. The van der Waals surface area contributed by atoms with Crippen molar-refractivity contribution >= 4 is 39.7 Å². The van der Waals surface area contributed by atoms with Crippen LogP contribution in [0.4, 0.5) is 17.3 Å². The average Bonchev–Trinajstić information content (AvgIpc) is 2.81. The molecule has 1 aliphatic heterocycles. The SMILES string of the molecule is [C-]#[N+]c1ccc2c(N3CCCC(CO)C3)nnc(NCCc3ccc(C)c(Cl)c3)c2c1. The number of nitrogens with one attached hydrogen (secondary N) is 1. The minimum absolute atomic E-state index is 0.187. The number of hydrogen-bond donors (Lipinski definition) is 2. The Hall–Kier alpha value is -2.88. The fourth-order valence-electron chi connectivity index (χ4n) is 4.09. The van der Waals surface area contributed by atoms with Crippen molar-refractivity contribution in [2.45, 2.75) is 26.2 Å². The zero-order chi connectivity index (χ0) is 21.8. The lowest BCUT2D eigenvalue weighted by Gasteiger charge is -2.33. The molecule has 2 aromatic carbocycles. The minimum Gasteiger partial charge on any atom is -0.396 e. The lowest BCUT2D eigenvalue weighted by molar-refractivity contribution is 0.208. The molecule has 0 spiro atoms. The molecule has 1 fully saturated rings. The number of benzene rings is 2. The van der Waals surface area contributed by atoms with Crippen LogP contribution in [0.3, 0.4) is 0 Å². The standard InChI is InChI=1S/C24H26ClN5O/c1-16-5-6-17(12-22(16)25)9-10-27-23-21-13-19(26-2)7-8-20(21)24(29-28-23)30-11-3-4-18(14-30)15-31/h5-8,12-13,18,31H,3-4,9-11,14-15H2,1H3,(H,27,28). The van der Waals surface area contributed by atoms with Gasteiger partial charge in [-0.2, -0.15) is 0 Å². The van der Waals surface area contributed by atoms with Gasteiger partial charge in [-0.15, -0.1) is 10.2 Å². The third-order valence-corrected chi connectivity index (χ3v) is 6.30. The van der Waals surface area contributed by atoms with Crippen molar-refractivity contribution in [3.63, 3.8) is 0 Å². The Balaban J connectivity index is 1.59. The number of aromatic nitrogens is 2. The number of piperidine rings is 1. The van der Waals surface area contributed by atoms with E-state index < -0.39 is 0 Å². The molecule has 31 heavy (non-hydrogen) atoms. The zero-order valence-corrected chi connectivity index (χ0v) is 18.4. The van der Waals surface area contributed by atoms with E-state index in [2.05, 4.69) is 31.3 Å². The molecular weight excluding hydrogens is 410 g/mol. The molecule has 0 bridgehead atoms. The smallest absolute Gasteiger partial charge is 0.188 e. The predicted molar refractivity (Wildman–Crippen MR) is 126 cm³/mol. The van der Waals surface area contributed by atoms with E-state index in [0.717, 1.165) is 65.1 Å². The molecule has 0 saturated carbocycles. The summed E-state index contributed by atoms with van der Waals surface area (Å²) in [6.07, 6.45) is 2.86. The summed E-state index contributed by atoms with van der Waals surface area (Å²) in [5.41, 5.74) is 2.80. The number of aryl methyl sites for hydroxylation is 1. The first-order chi connectivity index (χ1) is 15.1. The van der Waals surface area contributed by atoms with Crippen molar-refractivity contribution < 1.29 is 5.11 Å². The van der Waals surface area contributed by atoms with Gasteiger partial charge in [0.2, 0.25) is 0 Å². The molecule has 0 amide bonds. The minimum atomic E-state index is 0.187. The second kappa shape index (κ2) is 9.51. The Morgan fingerprint density at radius 1 is 1.23 bits per heavy atom. The summed E-state index contributed by atoms with van der Waals surface area (Å²) in [5, 5.41) is 24.6. The Bertz CT molecular complexity index is 1130. The van der Waals surface area contributed by atoms with Gasteiger partial charge in [0.25, 0.3) is 0 Å². The first-order valence-corrected chi connectivity index (χ1v) is 11.0. The van der Waals surface area contributed by atoms with Crippen molar-refractivity contribution in [1.82, 2.24) is 10.2 Å². The van der Waals surface area contributed by atoms with Gasteiger partial charge in [-0.1, -0.05) is 35.9 Å². The Kier molecular flexibility index (Phi) is 6.55. The number of nitrogens with zero attached hydrogens (tertiary/aromatic N) is 4. The van der Waals surface area contributed by atoms with E-state index in [1.807, 2.05) is 37.3 Å². The van der Waals surface area contributed by atoms with Crippen LogP contribution in [-0.2, 0) is 6.42 Å². The Morgan fingerprint density at radius 3 is 2.87 bits per heavy atom. The van der Waals surface area contributed by atoms with Gasteiger partial charge < -0.3 is 15.3 Å². The number of aliphatic hydroxyl groups is 1. The van der Waals surface area contributed by atoms with Crippen LogP contribution < -0.4 is 10.2 Å². The first kappa shape index (κ1) is 21.4. The van der Waals surface area contributed by atoms with Gasteiger partial charge in [0, 0.05) is 42.0 Å². The van der Waals surface area contributed by atoms with Crippen LogP contribution in [0.25, 0.3) is 15.6 Å². The van der Waals surface area contributed by atoms with Crippen LogP contribution >= 0.6 is 11.6 Å². The van der Waals surface area contributed by atoms with E-state index in [0.29, 0.717) is 18.1 Å². The highest BCUT2D eigenvalue weighted by atomic mass is 35.5. The maximum atomic E-state index is 9.59. The van der Waals surface area contributed by atoms with E-state index in [4.69, 9.17) is 18.2 Å². The van der Waals surface area contributed by atoms with Gasteiger partial charge >= 0.3 is 0 Å². The fourth-order valence-corrected chi connectivity index (χ4v) is 4.29. The fraction of sp³-hybridized carbons (Fsp3) is 0.375. The van der Waals surface area contributed by atoms with E-state index in [-0.39, 0.29) is 12.5 Å². The van der Waals surface area contributed by atoms with E-state index in [1.165, 1.54) is 0 Å². The molecule has 7 heteroatoms. The highest BCUT2D eigenvalue weighted by Crippen LogP contribution is 2.33. The van der Waals surface area contributed by atoms with Gasteiger partial charge in [-0.3, -0.25) is 0 Å². The number of hydrogen-bond acceptors (Lipinski definition) is 5. The summed E-state index contributed by atoms with van der Waals surface area (Å²) >= 11 is 6.24. The maximum absolute atomic E-state index is 9.59. The van der Waals surface area contributed by atoms with Gasteiger partial charge in [-0.25, -0.2) is 4.85 Å². The summed E-state index contributed by atoms with van der Waals surface area (Å²) < 4.78 is 0. The lowest BCUT2D eigenvalue weighted by Crippen LogP contribution is -2.37. The largest absolute Gasteiger partial charge is 0.396 e. The molecule has 3 aromatic rings. The van der Waals surface area contributed by atoms with Gasteiger partial charge in [0.15, 0.2) is 17.3 Å². The van der Waals surface area contributed by atoms with Crippen LogP contribution in [0.1, 0.15) is 24.0 Å². The summed E-state index contributed by atoms with van der Waals surface area (Å²) in [7, 11) is 0. The van der Waals surface area contributed by atoms with Gasteiger partial charge in [0.05, 0.1) is 6.57 Å². The van der Waals surface area contributed by atoms with Crippen LogP contribution in [0, 0.1) is 19.4 Å². The van der Waals surface area contributed by atoms with Crippen molar-refractivity contribution in [2.24, 2.45) is 5.92 Å². The number of halogens is 1. The molecule has 0 aliphatic carbocycles. The third kappa shape index (κ3) is 4.73. The monoisotopic (exact) mass is 435 g/mol. The number of rotatable bonds is 6. The molecule has 1 aromatic heterocycles. The van der Waals surface area contributed by atoms with Crippen molar-refractivity contribution in [1.29, 1.82) is 0 Å². The Morgan fingerprint density at radius 2 is 2.10 bits per heavy atom. The molecule has 1 atom stereocenters. The quantitative estimate of drug-likeness (QED) is 0.533. The molecule has 1 saturated heterocycles. The predicted octanol–water partition coefficient (Wildman–Crippen LogP) is 5.01. The topological polar surface area (TPSA) is 65.6 Å². The maximum Gasteiger partial charge on any atom is 0.188 e. The Labute approximate surface area is 187 Å². The van der Waals surface area contributed by atoms with Crippen molar-refractivity contribution in [2.75, 3.05) is 36.5 Å². The summed E-state index contributed by atoms with van der Waals surface area (Å²) in [6.45, 7) is 11.9. The number of fused-ring (bicyclic) bond motifs is 1. The van der Waals surface area contributed by atoms with Gasteiger partial charge in [0.1, 0.15) is 0 Å². The first-order valence-electron chi connectivity index (χ1n) is 10.6. The second-order valence-electron chi connectivity index (χ2n) is 8.11. The van der Waals surface area contributed by atoms with E-state index in [9.17, 15) is 5.11 Å². The van der Waals surface area contributed by atoms with Crippen LogP contribution in [0.2, 0.25) is 5.02 Å². The highest BCUT2D eigenvalue weighted by Gasteiger charge is 2.23. The number of aliphatic hydroxyl groups excluding tert-OH is 1. The summed E-state index contributed by atoms with van der Waals surface area (Å²) in [6, 6.07) is 11.8. The van der Waals surface area contributed by atoms with Crippen LogP contribution in [0.5, 0.6) is 0 Å². The molecule has 1 aliphatic rings. The third-order valence-electron chi connectivity index (χ3n) is 5.89. The summed E-state index contributed by atoms with van der Waals surface area (Å²) in [5.74, 6) is 1.76.